The molecule has 3 fully saturated rings. The number of hydrogen-bond donors (Lipinski definition) is 0. The van der Waals surface area contributed by atoms with Gasteiger partial charge in [-0.25, -0.2) is 0 Å². The Bertz CT molecular complexity index is 221. The van der Waals surface area contributed by atoms with Crippen LogP contribution in [0.5, 0.6) is 0 Å². The van der Waals surface area contributed by atoms with Crippen molar-refractivity contribution in [2.45, 2.75) is 38.5 Å². The van der Waals surface area contributed by atoms with Crippen molar-refractivity contribution in [3.05, 3.63) is 0 Å². The highest BCUT2D eigenvalue weighted by atomic mass is 16.1. The molecule has 0 aromatic heterocycles. The van der Waals surface area contributed by atoms with Gasteiger partial charge in [0.25, 0.3) is 0 Å². The molecule has 0 N–H and O–H groups in total. The molecule has 1 nitrogen and oxygen atoms in total. The molecule has 3 atom stereocenters. The van der Waals surface area contributed by atoms with E-state index in [-0.39, 0.29) is 0 Å². The lowest BCUT2D eigenvalue weighted by Crippen LogP contribution is -2.11. The standard InChI is InChI=1S/C10H14O/c11-7-5-9-8-3-1-2-4-10(8,9)6-7/h8-9H,1-6H2/t8-,9-,10+/m0/s1. The second kappa shape index (κ2) is 1.70. The Kier molecular flexibility index (Phi) is 0.961. The van der Waals surface area contributed by atoms with Gasteiger partial charge in [0, 0.05) is 12.8 Å². The zero-order valence-corrected chi connectivity index (χ0v) is 6.81. The van der Waals surface area contributed by atoms with Gasteiger partial charge < -0.3 is 0 Å². The summed E-state index contributed by atoms with van der Waals surface area (Å²) in [4.78, 5) is 11.1. The third kappa shape index (κ3) is 0.605. The Morgan fingerprint density at radius 3 is 3.09 bits per heavy atom. The van der Waals surface area contributed by atoms with Gasteiger partial charge in [0.05, 0.1) is 0 Å². The molecule has 0 amide bonds. The fourth-order valence-corrected chi connectivity index (χ4v) is 3.73. The summed E-state index contributed by atoms with van der Waals surface area (Å²) in [6.07, 6.45) is 7.50. The molecule has 3 aliphatic rings. The lowest BCUT2D eigenvalue weighted by atomic mass is 9.86. The molecule has 3 saturated carbocycles. The average Bonchev–Trinajstić information content (AvgIpc) is 2.47. The quantitative estimate of drug-likeness (QED) is 0.517. The summed E-state index contributed by atoms with van der Waals surface area (Å²) in [5, 5.41) is 0. The number of Topliss-reactive ketones (excluding diaryl/α,β-unsaturated/α-hetero) is 1. The smallest absolute Gasteiger partial charge is 0.133 e. The molecule has 60 valence electrons. The lowest BCUT2D eigenvalue weighted by Gasteiger charge is -2.18. The molecule has 0 aromatic rings. The van der Waals surface area contributed by atoms with Gasteiger partial charge >= 0.3 is 0 Å². The van der Waals surface area contributed by atoms with Crippen LogP contribution in [-0.4, -0.2) is 5.78 Å². The molecular formula is C10H14O. The van der Waals surface area contributed by atoms with Crippen molar-refractivity contribution < 1.29 is 4.79 Å². The Morgan fingerprint density at radius 2 is 2.18 bits per heavy atom. The fourth-order valence-electron chi connectivity index (χ4n) is 3.73. The highest BCUT2D eigenvalue weighted by Gasteiger charge is 2.68. The second-order valence-electron chi connectivity index (χ2n) is 4.61. The van der Waals surface area contributed by atoms with E-state index in [0.717, 1.165) is 24.7 Å². The minimum absolute atomic E-state index is 0.549. The predicted octanol–water partition coefficient (Wildman–Crippen LogP) is 2.16. The first kappa shape index (κ1) is 6.22. The van der Waals surface area contributed by atoms with Crippen molar-refractivity contribution in [2.24, 2.45) is 17.3 Å². The van der Waals surface area contributed by atoms with E-state index in [4.69, 9.17) is 0 Å². The fraction of sp³-hybridized carbons (Fsp3) is 0.900. The van der Waals surface area contributed by atoms with Crippen LogP contribution in [0.1, 0.15) is 38.5 Å². The van der Waals surface area contributed by atoms with Crippen molar-refractivity contribution in [3.8, 4) is 0 Å². The van der Waals surface area contributed by atoms with Gasteiger partial charge in [-0.1, -0.05) is 12.8 Å². The highest BCUT2D eigenvalue weighted by molar-refractivity contribution is 5.84. The van der Waals surface area contributed by atoms with E-state index in [9.17, 15) is 4.79 Å². The zero-order valence-electron chi connectivity index (χ0n) is 6.81. The zero-order chi connectivity index (χ0) is 7.47. The number of carbonyl (C=O) groups is 1. The van der Waals surface area contributed by atoms with E-state index < -0.39 is 0 Å². The third-order valence-corrected chi connectivity index (χ3v) is 4.23. The minimum Gasteiger partial charge on any atom is -0.300 e. The van der Waals surface area contributed by atoms with Gasteiger partial charge in [-0.2, -0.15) is 0 Å². The van der Waals surface area contributed by atoms with Crippen LogP contribution < -0.4 is 0 Å². The highest BCUT2D eigenvalue weighted by Crippen LogP contribution is 2.73. The summed E-state index contributed by atoms with van der Waals surface area (Å²) in [7, 11) is 0. The van der Waals surface area contributed by atoms with Crippen LogP contribution in [0.15, 0.2) is 0 Å². The van der Waals surface area contributed by atoms with E-state index >= 15 is 0 Å². The predicted molar refractivity (Wildman–Crippen MR) is 42.1 cm³/mol. The summed E-state index contributed by atoms with van der Waals surface area (Å²) in [6.45, 7) is 0. The number of ketones is 1. The van der Waals surface area contributed by atoms with E-state index in [0.29, 0.717) is 11.2 Å². The maximum absolute atomic E-state index is 11.1. The summed E-state index contributed by atoms with van der Waals surface area (Å²) >= 11 is 0. The Balaban J connectivity index is 1.88. The molecule has 0 aromatic carbocycles. The largest absolute Gasteiger partial charge is 0.300 e. The molecule has 3 aliphatic carbocycles. The normalized spacial score (nSPS) is 53.6. The van der Waals surface area contributed by atoms with Gasteiger partial charge in [-0.05, 0) is 30.1 Å². The van der Waals surface area contributed by atoms with Gasteiger partial charge in [0.1, 0.15) is 5.78 Å². The van der Waals surface area contributed by atoms with Crippen LogP contribution in [0.2, 0.25) is 0 Å². The summed E-state index contributed by atoms with van der Waals surface area (Å²) in [6, 6.07) is 0. The number of carbonyl (C=O) groups excluding carboxylic acids is 1. The van der Waals surface area contributed by atoms with Crippen LogP contribution in [-0.2, 0) is 4.79 Å². The first-order valence-electron chi connectivity index (χ1n) is 4.85. The molecule has 1 heteroatoms. The summed E-state index contributed by atoms with van der Waals surface area (Å²) in [5.74, 6) is 2.37. The minimum atomic E-state index is 0.549. The van der Waals surface area contributed by atoms with Crippen molar-refractivity contribution >= 4 is 5.78 Å². The van der Waals surface area contributed by atoms with Crippen LogP contribution >= 0.6 is 0 Å². The molecule has 0 bridgehead atoms. The topological polar surface area (TPSA) is 17.1 Å². The molecule has 11 heavy (non-hydrogen) atoms. The molecular weight excluding hydrogens is 136 g/mol. The average molecular weight is 150 g/mol. The SMILES string of the molecule is O=C1C[C@H]2[C@@H]3CCCC[C@@]32C1. The Morgan fingerprint density at radius 1 is 1.27 bits per heavy atom. The Hall–Kier alpha value is -0.330. The molecule has 1 spiro atoms. The number of hydrogen-bond acceptors (Lipinski definition) is 1. The van der Waals surface area contributed by atoms with Gasteiger partial charge in [-0.3, -0.25) is 4.79 Å². The first-order chi connectivity index (χ1) is 5.33. The monoisotopic (exact) mass is 150 g/mol. The third-order valence-electron chi connectivity index (χ3n) is 4.23. The molecule has 0 heterocycles. The molecule has 0 radical (unpaired) electrons. The van der Waals surface area contributed by atoms with Crippen LogP contribution in [0.25, 0.3) is 0 Å². The summed E-state index contributed by atoms with van der Waals surface area (Å²) in [5.41, 5.74) is 0.579. The van der Waals surface area contributed by atoms with Crippen LogP contribution in [0, 0.1) is 17.3 Å². The van der Waals surface area contributed by atoms with E-state index in [1.807, 2.05) is 0 Å². The Labute approximate surface area is 67.2 Å². The molecule has 0 unspecified atom stereocenters. The van der Waals surface area contributed by atoms with E-state index in [2.05, 4.69) is 0 Å². The maximum atomic E-state index is 11.1. The van der Waals surface area contributed by atoms with Gasteiger partial charge in [0.15, 0.2) is 0 Å². The van der Waals surface area contributed by atoms with E-state index in [1.165, 1.54) is 25.7 Å². The molecule has 0 aliphatic heterocycles. The van der Waals surface area contributed by atoms with Gasteiger partial charge in [0.2, 0.25) is 0 Å². The molecule has 0 saturated heterocycles. The first-order valence-corrected chi connectivity index (χ1v) is 4.85. The van der Waals surface area contributed by atoms with Crippen molar-refractivity contribution in [3.63, 3.8) is 0 Å². The van der Waals surface area contributed by atoms with Crippen molar-refractivity contribution in [1.82, 2.24) is 0 Å². The number of fused-ring (bicyclic) bond motifs is 1. The summed E-state index contributed by atoms with van der Waals surface area (Å²) < 4.78 is 0. The van der Waals surface area contributed by atoms with Crippen molar-refractivity contribution in [1.29, 1.82) is 0 Å². The van der Waals surface area contributed by atoms with Crippen molar-refractivity contribution in [2.75, 3.05) is 0 Å². The number of rotatable bonds is 0. The van der Waals surface area contributed by atoms with E-state index in [1.54, 1.807) is 0 Å². The van der Waals surface area contributed by atoms with Gasteiger partial charge in [-0.15, -0.1) is 0 Å². The molecule has 3 rings (SSSR count). The van der Waals surface area contributed by atoms with Crippen LogP contribution in [0.4, 0.5) is 0 Å². The lowest BCUT2D eigenvalue weighted by molar-refractivity contribution is -0.119. The second-order valence-corrected chi connectivity index (χ2v) is 4.61. The maximum Gasteiger partial charge on any atom is 0.133 e. The van der Waals surface area contributed by atoms with Crippen LogP contribution in [0.3, 0.4) is 0 Å².